The van der Waals surface area contributed by atoms with Crippen LogP contribution in [0.15, 0.2) is 72.7 Å². The first-order chi connectivity index (χ1) is 8.54. The maximum absolute atomic E-state index is 12.0. The number of hydrogen-bond donors (Lipinski definition) is 2. The minimum atomic E-state index is -0.218. The third kappa shape index (κ3) is 3.94. The molecule has 0 aromatic rings. The van der Waals surface area contributed by atoms with Crippen LogP contribution in [0, 0.1) is 5.92 Å². The highest BCUT2D eigenvalue weighted by molar-refractivity contribution is 5.98. The molecule has 3 heteroatoms. The molecule has 3 nitrogen and oxygen atoms in total. The van der Waals surface area contributed by atoms with Gasteiger partial charge in [-0.2, -0.15) is 0 Å². The van der Waals surface area contributed by atoms with Crippen LogP contribution < -0.4 is 11.1 Å². The van der Waals surface area contributed by atoms with Gasteiger partial charge < -0.3 is 11.1 Å². The third-order valence-corrected chi connectivity index (χ3v) is 2.41. The zero-order valence-corrected chi connectivity index (χ0v) is 10.5. The largest absolute Gasteiger partial charge is 0.398 e. The van der Waals surface area contributed by atoms with Crippen LogP contribution in [0.3, 0.4) is 0 Å². The average Bonchev–Trinajstić information content (AvgIpc) is 2.53. The summed E-state index contributed by atoms with van der Waals surface area (Å²) in [4.78, 5) is 12.0. The Morgan fingerprint density at radius 1 is 1.50 bits per heavy atom. The Bertz CT molecular complexity index is 479. The Hall–Kier alpha value is -2.29. The molecule has 1 atom stereocenters. The van der Waals surface area contributed by atoms with E-state index in [0.717, 1.165) is 0 Å². The van der Waals surface area contributed by atoms with Crippen LogP contribution in [0.25, 0.3) is 0 Å². The fourth-order valence-electron chi connectivity index (χ4n) is 1.40. The van der Waals surface area contributed by atoms with E-state index in [1.54, 1.807) is 24.3 Å². The van der Waals surface area contributed by atoms with E-state index in [4.69, 9.17) is 5.73 Å². The van der Waals surface area contributed by atoms with Gasteiger partial charge in [-0.05, 0) is 18.1 Å². The van der Waals surface area contributed by atoms with E-state index in [1.807, 2.05) is 25.2 Å². The van der Waals surface area contributed by atoms with Gasteiger partial charge in [-0.3, -0.25) is 4.79 Å². The van der Waals surface area contributed by atoms with Crippen molar-refractivity contribution in [2.24, 2.45) is 11.7 Å². The summed E-state index contributed by atoms with van der Waals surface area (Å²) < 4.78 is 0. The van der Waals surface area contributed by atoms with E-state index in [-0.39, 0.29) is 5.91 Å². The lowest BCUT2D eigenvalue weighted by molar-refractivity contribution is -0.116. The van der Waals surface area contributed by atoms with E-state index in [1.165, 1.54) is 0 Å². The Labute approximate surface area is 108 Å². The van der Waals surface area contributed by atoms with Gasteiger partial charge in [0, 0.05) is 11.3 Å². The Morgan fingerprint density at radius 3 is 2.83 bits per heavy atom. The molecule has 0 aliphatic heterocycles. The van der Waals surface area contributed by atoms with E-state index in [2.05, 4.69) is 18.5 Å². The molecule has 0 radical (unpaired) electrons. The van der Waals surface area contributed by atoms with Gasteiger partial charge in [0.15, 0.2) is 0 Å². The molecule has 0 heterocycles. The zero-order valence-electron chi connectivity index (χ0n) is 10.5. The second kappa shape index (κ2) is 6.45. The van der Waals surface area contributed by atoms with Crippen molar-refractivity contribution in [3.8, 4) is 0 Å². The Balaban J connectivity index is 2.83. The van der Waals surface area contributed by atoms with Gasteiger partial charge in [-0.25, -0.2) is 0 Å². The SMILES string of the molecule is C=C/C=C(/NC(=O)C1=CC=CC(C)C=C1)C(=C)N. The molecule has 1 amide bonds. The van der Waals surface area contributed by atoms with E-state index in [0.29, 0.717) is 22.9 Å². The van der Waals surface area contributed by atoms with Crippen molar-refractivity contribution in [3.63, 3.8) is 0 Å². The quantitative estimate of drug-likeness (QED) is 0.743. The molecular formula is C15H18N2O. The van der Waals surface area contributed by atoms with Crippen molar-refractivity contribution < 1.29 is 4.79 Å². The lowest BCUT2D eigenvalue weighted by atomic mass is 10.1. The minimum Gasteiger partial charge on any atom is -0.398 e. The van der Waals surface area contributed by atoms with Crippen LogP contribution in [0.1, 0.15) is 6.92 Å². The highest BCUT2D eigenvalue weighted by Gasteiger charge is 2.10. The van der Waals surface area contributed by atoms with Crippen molar-refractivity contribution in [2.45, 2.75) is 6.92 Å². The molecule has 1 unspecified atom stereocenters. The lowest BCUT2D eigenvalue weighted by Crippen LogP contribution is -2.26. The number of amides is 1. The summed E-state index contributed by atoms with van der Waals surface area (Å²) in [6, 6.07) is 0. The van der Waals surface area contributed by atoms with Gasteiger partial charge in [0.05, 0.1) is 5.70 Å². The first kappa shape index (κ1) is 13.8. The highest BCUT2D eigenvalue weighted by atomic mass is 16.1. The number of nitrogens with two attached hydrogens (primary N) is 1. The average molecular weight is 242 g/mol. The Kier molecular flexibility index (Phi) is 4.93. The molecule has 0 saturated carbocycles. The molecule has 1 aliphatic carbocycles. The lowest BCUT2D eigenvalue weighted by Gasteiger charge is -2.09. The topological polar surface area (TPSA) is 55.1 Å². The molecule has 0 aromatic heterocycles. The van der Waals surface area contributed by atoms with E-state index < -0.39 is 0 Å². The minimum absolute atomic E-state index is 0.218. The van der Waals surface area contributed by atoms with Crippen LogP contribution in [0.5, 0.6) is 0 Å². The number of allylic oxidation sites excluding steroid dienone is 6. The Morgan fingerprint density at radius 2 is 2.22 bits per heavy atom. The number of nitrogens with one attached hydrogen (secondary N) is 1. The van der Waals surface area contributed by atoms with Crippen molar-refractivity contribution in [3.05, 3.63) is 72.7 Å². The van der Waals surface area contributed by atoms with Gasteiger partial charge in [0.1, 0.15) is 0 Å². The van der Waals surface area contributed by atoms with Crippen molar-refractivity contribution in [1.82, 2.24) is 5.32 Å². The van der Waals surface area contributed by atoms with Gasteiger partial charge in [0.2, 0.25) is 0 Å². The third-order valence-electron chi connectivity index (χ3n) is 2.41. The van der Waals surface area contributed by atoms with Crippen molar-refractivity contribution in [1.29, 1.82) is 0 Å². The van der Waals surface area contributed by atoms with Gasteiger partial charge in [-0.1, -0.05) is 50.5 Å². The van der Waals surface area contributed by atoms with Crippen LogP contribution in [0.2, 0.25) is 0 Å². The monoisotopic (exact) mass is 242 g/mol. The van der Waals surface area contributed by atoms with Crippen LogP contribution in [0.4, 0.5) is 0 Å². The smallest absolute Gasteiger partial charge is 0.255 e. The van der Waals surface area contributed by atoms with E-state index >= 15 is 0 Å². The summed E-state index contributed by atoms with van der Waals surface area (Å²) in [6.07, 6.45) is 12.6. The summed E-state index contributed by atoms with van der Waals surface area (Å²) in [5.74, 6) is 0.101. The summed E-state index contributed by atoms with van der Waals surface area (Å²) in [5, 5.41) is 2.70. The second-order valence-electron chi connectivity index (χ2n) is 4.02. The second-order valence-corrected chi connectivity index (χ2v) is 4.02. The summed E-state index contributed by atoms with van der Waals surface area (Å²) in [7, 11) is 0. The normalized spacial score (nSPS) is 18.8. The predicted octanol–water partition coefficient (Wildman–Crippen LogP) is 2.33. The first-order valence-corrected chi connectivity index (χ1v) is 5.70. The molecule has 0 saturated heterocycles. The number of rotatable bonds is 4. The highest BCUT2D eigenvalue weighted by Crippen LogP contribution is 2.10. The summed E-state index contributed by atoms with van der Waals surface area (Å²) in [6.45, 7) is 9.21. The molecule has 94 valence electrons. The standard InChI is InChI=1S/C15H18N2O/c1-4-6-14(12(3)16)17-15(18)13-8-5-7-11(2)9-10-13/h4-11H,1,3,16H2,2H3,(H,17,18)/b14-6+. The van der Waals surface area contributed by atoms with Crippen molar-refractivity contribution >= 4 is 5.91 Å². The predicted molar refractivity (Wildman–Crippen MR) is 75.3 cm³/mol. The molecule has 18 heavy (non-hydrogen) atoms. The van der Waals surface area contributed by atoms with Crippen LogP contribution >= 0.6 is 0 Å². The van der Waals surface area contributed by atoms with Gasteiger partial charge >= 0.3 is 0 Å². The van der Waals surface area contributed by atoms with Gasteiger partial charge in [-0.15, -0.1) is 0 Å². The summed E-state index contributed by atoms with van der Waals surface area (Å²) >= 11 is 0. The fraction of sp³-hybridized carbons (Fsp3) is 0.133. The molecule has 0 bridgehead atoms. The molecule has 0 fully saturated rings. The molecule has 1 aliphatic rings. The van der Waals surface area contributed by atoms with Gasteiger partial charge in [0.25, 0.3) is 5.91 Å². The van der Waals surface area contributed by atoms with Crippen LogP contribution in [-0.4, -0.2) is 5.91 Å². The molecular weight excluding hydrogens is 224 g/mol. The van der Waals surface area contributed by atoms with E-state index in [9.17, 15) is 4.79 Å². The first-order valence-electron chi connectivity index (χ1n) is 5.70. The maximum atomic E-state index is 12.0. The molecule has 0 spiro atoms. The number of carbonyl (C=O) groups excluding carboxylic acids is 1. The molecule has 0 aromatic carbocycles. The number of carbonyl (C=O) groups is 1. The summed E-state index contributed by atoms with van der Waals surface area (Å²) in [5.41, 5.74) is 6.91. The van der Waals surface area contributed by atoms with Crippen molar-refractivity contribution in [2.75, 3.05) is 0 Å². The zero-order chi connectivity index (χ0) is 13.5. The number of hydrogen-bond acceptors (Lipinski definition) is 2. The van der Waals surface area contributed by atoms with Crippen LogP contribution in [-0.2, 0) is 4.79 Å². The molecule has 1 rings (SSSR count). The fourth-order valence-corrected chi connectivity index (χ4v) is 1.40. The molecule has 3 N–H and O–H groups in total. The maximum Gasteiger partial charge on any atom is 0.255 e.